The molecule has 0 saturated heterocycles. The zero-order valence-electron chi connectivity index (χ0n) is 14.5. The minimum atomic E-state index is -4.00. The maximum Gasteiger partial charge on any atom is 0.337 e. The second-order valence-electron chi connectivity index (χ2n) is 5.68. The number of hydrogen-bond donors (Lipinski definition) is 1. The molecule has 0 atom stereocenters. The highest BCUT2D eigenvalue weighted by Crippen LogP contribution is 2.22. The molecule has 0 bridgehead atoms. The van der Waals surface area contributed by atoms with Crippen molar-refractivity contribution in [2.75, 3.05) is 11.8 Å². The summed E-state index contributed by atoms with van der Waals surface area (Å²) in [6, 6.07) is 12.5. The lowest BCUT2D eigenvalue weighted by Gasteiger charge is -2.11. The number of anilines is 1. The number of nitrogens with zero attached hydrogens (tertiary/aromatic N) is 2. The van der Waals surface area contributed by atoms with Crippen LogP contribution >= 0.6 is 0 Å². The largest absolute Gasteiger partial charge is 0.465 e. The van der Waals surface area contributed by atoms with E-state index in [-0.39, 0.29) is 16.3 Å². The van der Waals surface area contributed by atoms with E-state index in [1.165, 1.54) is 60.3 Å². The van der Waals surface area contributed by atoms with E-state index >= 15 is 0 Å². The zero-order chi connectivity index (χ0) is 19.6. The van der Waals surface area contributed by atoms with Gasteiger partial charge >= 0.3 is 5.97 Å². The summed E-state index contributed by atoms with van der Waals surface area (Å²) in [4.78, 5) is 11.5. The monoisotopic (exact) mass is 389 g/mol. The Bertz CT molecular complexity index is 1090. The van der Waals surface area contributed by atoms with Crippen LogP contribution in [0.2, 0.25) is 0 Å². The van der Waals surface area contributed by atoms with Gasteiger partial charge in [-0.05, 0) is 49.4 Å². The lowest BCUT2D eigenvalue weighted by molar-refractivity contribution is 0.0600. The van der Waals surface area contributed by atoms with Crippen molar-refractivity contribution < 1.29 is 22.3 Å². The Balaban J connectivity index is 1.98. The molecule has 0 radical (unpaired) electrons. The molecule has 0 aliphatic heterocycles. The molecule has 3 aromatic rings. The molecule has 0 fully saturated rings. The number of halogens is 1. The van der Waals surface area contributed by atoms with Gasteiger partial charge in [0, 0.05) is 6.07 Å². The van der Waals surface area contributed by atoms with E-state index in [9.17, 15) is 17.6 Å². The molecule has 1 N–H and O–H groups in total. The molecule has 7 nitrogen and oxygen atoms in total. The van der Waals surface area contributed by atoms with Gasteiger partial charge in [-0.2, -0.15) is 5.10 Å². The van der Waals surface area contributed by atoms with Gasteiger partial charge in [0.05, 0.1) is 29.0 Å². The molecule has 9 heteroatoms. The van der Waals surface area contributed by atoms with Crippen LogP contribution in [0.4, 0.5) is 10.2 Å². The van der Waals surface area contributed by atoms with Gasteiger partial charge in [0.25, 0.3) is 10.0 Å². The predicted molar refractivity (Wildman–Crippen MR) is 96.8 cm³/mol. The first-order valence-corrected chi connectivity index (χ1v) is 9.32. The number of rotatable bonds is 5. The molecule has 27 heavy (non-hydrogen) atoms. The topological polar surface area (TPSA) is 90.3 Å². The fourth-order valence-corrected chi connectivity index (χ4v) is 3.53. The number of aryl methyl sites for hydroxylation is 1. The van der Waals surface area contributed by atoms with Crippen molar-refractivity contribution in [1.82, 2.24) is 9.78 Å². The Morgan fingerprint density at radius 3 is 2.52 bits per heavy atom. The maximum atomic E-state index is 13.2. The maximum absolute atomic E-state index is 13.2. The molecule has 1 aromatic heterocycles. The van der Waals surface area contributed by atoms with Crippen molar-refractivity contribution >= 4 is 21.8 Å². The third-order valence-corrected chi connectivity index (χ3v) is 5.06. The van der Waals surface area contributed by atoms with Gasteiger partial charge in [0.2, 0.25) is 0 Å². The predicted octanol–water partition coefficient (Wildman–Crippen LogP) is 2.91. The Morgan fingerprint density at radius 1 is 1.15 bits per heavy atom. The molecule has 140 valence electrons. The molecule has 0 spiro atoms. The van der Waals surface area contributed by atoms with E-state index in [0.717, 1.165) is 0 Å². The number of aromatic nitrogens is 2. The first-order valence-electron chi connectivity index (χ1n) is 7.84. The van der Waals surface area contributed by atoms with E-state index in [4.69, 9.17) is 0 Å². The van der Waals surface area contributed by atoms with Gasteiger partial charge in [0.1, 0.15) is 11.6 Å². The molecule has 0 amide bonds. The number of benzene rings is 2. The van der Waals surface area contributed by atoms with Gasteiger partial charge in [-0.1, -0.05) is 6.07 Å². The molecule has 0 aliphatic rings. The highest BCUT2D eigenvalue weighted by atomic mass is 32.2. The van der Waals surface area contributed by atoms with Crippen LogP contribution in [-0.2, 0) is 14.8 Å². The Kier molecular flexibility index (Phi) is 4.95. The van der Waals surface area contributed by atoms with Crippen LogP contribution in [0.5, 0.6) is 0 Å². The number of hydrogen-bond acceptors (Lipinski definition) is 5. The van der Waals surface area contributed by atoms with E-state index in [1.54, 1.807) is 13.0 Å². The minimum Gasteiger partial charge on any atom is -0.465 e. The second kappa shape index (κ2) is 7.20. The summed E-state index contributed by atoms with van der Waals surface area (Å²) in [6.07, 6.45) is 0. The number of ether oxygens (including phenoxy) is 1. The van der Waals surface area contributed by atoms with Crippen LogP contribution in [0.15, 0.2) is 59.5 Å². The van der Waals surface area contributed by atoms with Crippen LogP contribution in [0.1, 0.15) is 16.1 Å². The fraction of sp³-hybridized carbons (Fsp3) is 0.111. The number of carbonyl (C=O) groups is 1. The number of nitrogens with one attached hydrogen (secondary N) is 1. The summed E-state index contributed by atoms with van der Waals surface area (Å²) >= 11 is 0. The summed E-state index contributed by atoms with van der Waals surface area (Å²) in [5.74, 6) is -0.869. The third-order valence-electron chi connectivity index (χ3n) is 3.71. The number of methoxy groups -OCH3 is 1. The van der Waals surface area contributed by atoms with Crippen molar-refractivity contribution in [3.63, 3.8) is 0 Å². The first-order chi connectivity index (χ1) is 12.8. The van der Waals surface area contributed by atoms with E-state index in [1.807, 2.05) is 0 Å². The van der Waals surface area contributed by atoms with Crippen molar-refractivity contribution in [3.8, 4) is 5.69 Å². The Morgan fingerprint density at radius 2 is 1.85 bits per heavy atom. The Labute approximate surface area is 155 Å². The van der Waals surface area contributed by atoms with Crippen molar-refractivity contribution in [1.29, 1.82) is 0 Å². The van der Waals surface area contributed by atoms with Crippen LogP contribution in [-0.4, -0.2) is 31.3 Å². The van der Waals surface area contributed by atoms with Crippen LogP contribution in [0.3, 0.4) is 0 Å². The molecule has 0 aliphatic carbocycles. The van der Waals surface area contributed by atoms with Crippen LogP contribution in [0, 0.1) is 12.7 Å². The zero-order valence-corrected chi connectivity index (χ0v) is 15.3. The van der Waals surface area contributed by atoms with Gasteiger partial charge in [-0.25, -0.2) is 22.3 Å². The van der Waals surface area contributed by atoms with Gasteiger partial charge < -0.3 is 4.74 Å². The lowest BCUT2D eigenvalue weighted by atomic mass is 10.2. The van der Waals surface area contributed by atoms with Crippen LogP contribution in [0.25, 0.3) is 5.69 Å². The second-order valence-corrected chi connectivity index (χ2v) is 7.37. The SMILES string of the molecule is COC(=O)c1cccc(S(=O)(=O)Nc2cc(C)nn2-c2ccc(F)cc2)c1. The van der Waals surface area contributed by atoms with Gasteiger partial charge in [0.15, 0.2) is 0 Å². The highest BCUT2D eigenvalue weighted by Gasteiger charge is 2.20. The molecule has 2 aromatic carbocycles. The number of esters is 1. The molecule has 0 saturated carbocycles. The van der Waals surface area contributed by atoms with E-state index in [0.29, 0.717) is 11.4 Å². The van der Waals surface area contributed by atoms with Crippen LogP contribution < -0.4 is 4.72 Å². The van der Waals surface area contributed by atoms with Crippen molar-refractivity contribution in [2.24, 2.45) is 0 Å². The first kappa shape index (κ1) is 18.6. The molecule has 1 heterocycles. The summed E-state index contributed by atoms with van der Waals surface area (Å²) in [7, 11) is -2.78. The standard InChI is InChI=1S/C18H16FN3O4S/c1-12-10-17(22(20-12)15-8-6-14(19)7-9-15)21-27(24,25)16-5-3-4-13(11-16)18(23)26-2/h3-11,21H,1-2H3. The van der Waals surface area contributed by atoms with E-state index in [2.05, 4.69) is 14.6 Å². The summed E-state index contributed by atoms with van der Waals surface area (Å²) in [5, 5.41) is 4.24. The number of carbonyl (C=O) groups excluding carboxylic acids is 1. The molecule has 0 unspecified atom stereocenters. The summed E-state index contributed by atoms with van der Waals surface area (Å²) in [5.41, 5.74) is 1.18. The average molecular weight is 389 g/mol. The van der Waals surface area contributed by atoms with Gasteiger partial charge in [-0.3, -0.25) is 4.72 Å². The quantitative estimate of drug-likeness (QED) is 0.678. The lowest BCUT2D eigenvalue weighted by Crippen LogP contribution is -2.16. The van der Waals surface area contributed by atoms with Crippen molar-refractivity contribution in [2.45, 2.75) is 11.8 Å². The van der Waals surface area contributed by atoms with E-state index < -0.39 is 21.8 Å². The normalized spacial score (nSPS) is 11.2. The third kappa shape index (κ3) is 3.98. The minimum absolute atomic E-state index is 0.102. The Hall–Kier alpha value is -3.20. The van der Waals surface area contributed by atoms with Gasteiger partial charge in [-0.15, -0.1) is 0 Å². The molecule has 3 rings (SSSR count). The van der Waals surface area contributed by atoms with Crippen molar-refractivity contribution in [3.05, 3.63) is 71.7 Å². The fourth-order valence-electron chi connectivity index (χ4n) is 2.46. The highest BCUT2D eigenvalue weighted by molar-refractivity contribution is 7.92. The average Bonchev–Trinajstić information content (AvgIpc) is 3.01. The molecular weight excluding hydrogens is 373 g/mol. The smallest absolute Gasteiger partial charge is 0.337 e. The summed E-state index contributed by atoms with van der Waals surface area (Å²) < 4.78 is 47.1. The summed E-state index contributed by atoms with van der Waals surface area (Å²) in [6.45, 7) is 1.70. The molecular formula is C18H16FN3O4S. The number of sulfonamides is 1.